The minimum atomic E-state index is -0.470. The predicted octanol–water partition coefficient (Wildman–Crippen LogP) is 2.59. The molecule has 0 saturated heterocycles. The van der Waals surface area contributed by atoms with E-state index in [4.69, 9.17) is 11.6 Å². The summed E-state index contributed by atoms with van der Waals surface area (Å²) < 4.78 is 0. The van der Waals surface area contributed by atoms with Crippen molar-refractivity contribution in [2.75, 3.05) is 6.54 Å². The van der Waals surface area contributed by atoms with Gasteiger partial charge in [0.15, 0.2) is 0 Å². The van der Waals surface area contributed by atoms with Crippen LogP contribution in [-0.2, 0) is 4.79 Å². The Morgan fingerprint density at radius 2 is 1.74 bits per heavy atom. The Hall–Kier alpha value is -1.20. The van der Waals surface area contributed by atoms with Crippen LogP contribution in [0, 0.1) is 0 Å². The number of nitrogens with zero attached hydrogens (tertiary/aromatic N) is 1. The molecule has 1 unspecified atom stereocenters. The molecule has 0 aromatic heterocycles. The lowest BCUT2D eigenvalue weighted by Gasteiger charge is -2.14. The van der Waals surface area contributed by atoms with Crippen molar-refractivity contribution >= 4 is 44.6 Å². The van der Waals surface area contributed by atoms with E-state index in [1.54, 1.807) is 24.3 Å². The summed E-state index contributed by atoms with van der Waals surface area (Å²) in [4.78, 5) is 35.7. The van der Waals surface area contributed by atoms with Crippen LogP contribution in [0.15, 0.2) is 24.3 Å². The molecule has 1 atom stereocenters. The number of benzene rings is 1. The maximum absolute atomic E-state index is 12.0. The van der Waals surface area contributed by atoms with Crippen molar-refractivity contribution < 1.29 is 14.4 Å². The highest BCUT2D eigenvalue weighted by atomic mass is 79.9. The van der Waals surface area contributed by atoms with E-state index in [1.165, 1.54) is 4.90 Å². The minimum Gasteiger partial charge on any atom is -0.280 e. The zero-order chi connectivity index (χ0) is 14.0. The van der Waals surface area contributed by atoms with Gasteiger partial charge in [-0.25, -0.2) is 0 Å². The van der Waals surface area contributed by atoms with Crippen LogP contribution in [0.3, 0.4) is 0 Å². The first-order valence-corrected chi connectivity index (χ1v) is 7.10. The molecule has 19 heavy (non-hydrogen) atoms. The summed E-state index contributed by atoms with van der Waals surface area (Å²) >= 11 is 8.46. The van der Waals surface area contributed by atoms with Crippen LogP contribution in [0.4, 0.5) is 0 Å². The van der Waals surface area contributed by atoms with Crippen molar-refractivity contribution in [1.29, 1.82) is 0 Å². The second-order valence-electron chi connectivity index (χ2n) is 4.22. The summed E-state index contributed by atoms with van der Waals surface area (Å²) in [5.41, 5.74) is 0.882. The Labute approximate surface area is 123 Å². The fourth-order valence-electron chi connectivity index (χ4n) is 1.98. The monoisotopic (exact) mass is 343 g/mol. The summed E-state index contributed by atoms with van der Waals surface area (Å²) in [6.07, 6.45) is 1.01. The first kappa shape index (κ1) is 14.2. The van der Waals surface area contributed by atoms with Gasteiger partial charge in [0, 0.05) is 6.54 Å². The molecule has 2 amide bonds. The van der Waals surface area contributed by atoms with Gasteiger partial charge in [-0.05, 0) is 36.6 Å². The molecule has 1 aliphatic heterocycles. The van der Waals surface area contributed by atoms with E-state index in [-0.39, 0.29) is 11.8 Å². The highest BCUT2D eigenvalue weighted by Crippen LogP contribution is 2.23. The highest BCUT2D eigenvalue weighted by Gasteiger charge is 2.34. The maximum atomic E-state index is 12.0. The lowest BCUT2D eigenvalue weighted by atomic mass is 10.1. The molecule has 2 rings (SSSR count). The van der Waals surface area contributed by atoms with Crippen molar-refractivity contribution in [3.05, 3.63) is 35.4 Å². The van der Waals surface area contributed by atoms with Gasteiger partial charge in [0.25, 0.3) is 11.8 Å². The SMILES string of the molecule is O=C(Cl)C(Br)CCCN1C(=O)c2ccccc2C1=O. The average molecular weight is 345 g/mol. The first-order chi connectivity index (χ1) is 9.02. The summed E-state index contributed by atoms with van der Waals surface area (Å²) in [6, 6.07) is 6.75. The number of halogens is 2. The lowest BCUT2D eigenvalue weighted by molar-refractivity contribution is -0.111. The van der Waals surface area contributed by atoms with Gasteiger partial charge in [0.1, 0.15) is 0 Å². The third-order valence-corrected chi connectivity index (χ3v) is 4.36. The van der Waals surface area contributed by atoms with Gasteiger partial charge >= 0.3 is 0 Å². The predicted molar refractivity (Wildman–Crippen MR) is 74.6 cm³/mol. The molecular weight excluding hydrogens is 334 g/mol. The zero-order valence-electron chi connectivity index (χ0n) is 9.94. The Kier molecular flexibility index (Phi) is 4.37. The first-order valence-electron chi connectivity index (χ1n) is 5.81. The fraction of sp³-hybridized carbons (Fsp3) is 0.308. The second kappa shape index (κ2) is 5.84. The summed E-state index contributed by atoms with van der Waals surface area (Å²) in [7, 11) is 0. The number of carbonyl (C=O) groups excluding carboxylic acids is 3. The van der Waals surface area contributed by atoms with Crippen molar-refractivity contribution in [3.63, 3.8) is 0 Å². The molecule has 0 saturated carbocycles. The van der Waals surface area contributed by atoms with E-state index >= 15 is 0 Å². The van der Waals surface area contributed by atoms with Crippen LogP contribution in [0.2, 0.25) is 0 Å². The van der Waals surface area contributed by atoms with Crippen LogP contribution < -0.4 is 0 Å². The standard InChI is InChI=1S/C13H11BrClNO3/c14-10(11(15)17)6-3-7-16-12(18)8-4-1-2-5-9(8)13(16)19/h1-2,4-5,10H,3,6-7H2. The molecule has 0 spiro atoms. The molecule has 0 N–H and O–H groups in total. The average Bonchev–Trinajstić information content (AvgIpc) is 2.64. The fourth-order valence-corrected chi connectivity index (χ4v) is 2.42. The maximum Gasteiger partial charge on any atom is 0.261 e. The Bertz CT molecular complexity index is 511. The molecule has 0 fully saturated rings. The Balaban J connectivity index is 1.99. The number of amides is 2. The Morgan fingerprint density at radius 1 is 1.21 bits per heavy atom. The van der Waals surface area contributed by atoms with Gasteiger partial charge < -0.3 is 0 Å². The Morgan fingerprint density at radius 3 is 2.21 bits per heavy atom. The molecule has 1 heterocycles. The number of alkyl halides is 1. The number of carbonyl (C=O) groups is 3. The molecule has 1 aliphatic rings. The van der Waals surface area contributed by atoms with Crippen molar-refractivity contribution in [3.8, 4) is 0 Å². The quantitative estimate of drug-likeness (QED) is 0.469. The summed E-state index contributed by atoms with van der Waals surface area (Å²) in [5, 5.41) is -0.470. The van der Waals surface area contributed by atoms with Gasteiger partial charge in [-0.2, -0.15) is 0 Å². The summed E-state index contributed by atoms with van der Waals surface area (Å²) in [6.45, 7) is 0.290. The van der Waals surface area contributed by atoms with E-state index in [0.717, 1.165) is 0 Å². The number of hydrogen-bond donors (Lipinski definition) is 0. The van der Waals surface area contributed by atoms with Gasteiger partial charge in [0.05, 0.1) is 16.0 Å². The van der Waals surface area contributed by atoms with Crippen LogP contribution in [-0.4, -0.2) is 33.3 Å². The van der Waals surface area contributed by atoms with E-state index in [1.807, 2.05) is 0 Å². The second-order valence-corrected chi connectivity index (χ2v) is 5.70. The van der Waals surface area contributed by atoms with Crippen LogP contribution in [0.25, 0.3) is 0 Å². The molecule has 0 radical (unpaired) electrons. The van der Waals surface area contributed by atoms with E-state index in [2.05, 4.69) is 15.9 Å². The van der Waals surface area contributed by atoms with Gasteiger partial charge in [-0.15, -0.1) is 0 Å². The highest BCUT2D eigenvalue weighted by molar-refractivity contribution is 9.10. The third-order valence-electron chi connectivity index (χ3n) is 2.96. The van der Waals surface area contributed by atoms with Gasteiger partial charge in [-0.3, -0.25) is 19.3 Å². The number of rotatable bonds is 5. The van der Waals surface area contributed by atoms with Gasteiger partial charge in [0.2, 0.25) is 5.24 Å². The minimum absolute atomic E-state index is 0.274. The lowest BCUT2D eigenvalue weighted by Crippen LogP contribution is -2.31. The molecule has 4 nitrogen and oxygen atoms in total. The van der Waals surface area contributed by atoms with Crippen LogP contribution in [0.1, 0.15) is 33.6 Å². The molecule has 0 bridgehead atoms. The number of fused-ring (bicyclic) bond motifs is 1. The smallest absolute Gasteiger partial charge is 0.261 e. The summed E-state index contributed by atoms with van der Waals surface area (Å²) in [5.74, 6) is -0.548. The normalized spacial score (nSPS) is 15.6. The van der Waals surface area contributed by atoms with Crippen molar-refractivity contribution in [2.45, 2.75) is 17.7 Å². The van der Waals surface area contributed by atoms with Gasteiger partial charge in [-0.1, -0.05) is 28.1 Å². The molecular formula is C13H11BrClNO3. The van der Waals surface area contributed by atoms with Crippen molar-refractivity contribution in [2.24, 2.45) is 0 Å². The number of hydrogen-bond acceptors (Lipinski definition) is 3. The number of imide groups is 1. The molecule has 100 valence electrons. The zero-order valence-corrected chi connectivity index (χ0v) is 12.3. The largest absolute Gasteiger partial charge is 0.280 e. The van der Waals surface area contributed by atoms with E-state index < -0.39 is 10.1 Å². The van der Waals surface area contributed by atoms with Crippen molar-refractivity contribution in [1.82, 2.24) is 4.90 Å². The molecule has 0 aliphatic carbocycles. The van der Waals surface area contributed by atoms with E-state index in [9.17, 15) is 14.4 Å². The molecule has 6 heteroatoms. The molecule has 1 aromatic carbocycles. The van der Waals surface area contributed by atoms with Crippen LogP contribution in [0.5, 0.6) is 0 Å². The molecule has 1 aromatic rings. The topological polar surface area (TPSA) is 54.5 Å². The van der Waals surface area contributed by atoms with Crippen LogP contribution >= 0.6 is 27.5 Å². The van der Waals surface area contributed by atoms with E-state index in [0.29, 0.717) is 30.5 Å². The third kappa shape index (κ3) is 2.87.